The summed E-state index contributed by atoms with van der Waals surface area (Å²) in [7, 11) is 0. The van der Waals surface area contributed by atoms with Gasteiger partial charge in [-0.15, -0.1) is 0 Å². The minimum absolute atomic E-state index is 0.0970. The zero-order chi connectivity index (χ0) is 81.0. The van der Waals surface area contributed by atoms with E-state index in [0.717, 1.165) is 77.6 Å². The van der Waals surface area contributed by atoms with Gasteiger partial charge in [-0.3, -0.25) is 9.59 Å². The highest BCUT2D eigenvalue weighted by atomic mass is 16.8. The van der Waals surface area contributed by atoms with Crippen LogP contribution in [0.15, 0.2) is 0 Å². The molecule has 35 nitrogen and oxygen atoms in total. The number of carboxylic acids is 1. The molecule has 5 aliphatic heterocycles. The lowest BCUT2D eigenvalue weighted by Gasteiger charge is -2.52. The lowest BCUT2D eigenvalue weighted by atomic mass is 9.87. The Morgan fingerprint density at radius 3 is 1.36 bits per heavy atom. The molecule has 30 unspecified atom stereocenters. The van der Waals surface area contributed by atoms with Crippen LogP contribution in [0.5, 0.6) is 0 Å². The minimum Gasteiger partial charge on any atom is -0.477 e. The number of carboxylic acid groups (broad SMARTS) is 1. The van der Waals surface area contributed by atoms with Gasteiger partial charge in [-0.1, -0.05) is 206 Å². The number of carbonyl (C=O) groups is 3. The third-order valence-corrected chi connectivity index (χ3v) is 21.7. The predicted molar refractivity (Wildman–Crippen MR) is 388 cm³/mol. The number of unbranched alkanes of at least 4 members (excludes halogenated alkanes) is 28. The first-order chi connectivity index (χ1) is 52.7. The Hall–Kier alpha value is -2.75. The normalized spacial score (nSPS) is 34.1. The fraction of sp³-hybridized carbons (Fsp3) is 0.960. The van der Waals surface area contributed by atoms with Crippen molar-refractivity contribution in [2.24, 2.45) is 0 Å². The quantitative estimate of drug-likeness (QED) is 0.0309. The zero-order valence-corrected chi connectivity index (χ0v) is 64.6. The molecular formula is C75H138N2O33. The second kappa shape index (κ2) is 52.1. The Labute approximate surface area is 645 Å². The molecule has 5 heterocycles. The number of nitrogens with one attached hydrogen (secondary N) is 2. The summed E-state index contributed by atoms with van der Waals surface area (Å²) in [5.41, 5.74) is 0. The average molecular weight is 1600 g/mol. The number of ether oxygens (including phenoxy) is 10. The maximum Gasteiger partial charge on any atom is 0.364 e. The maximum absolute atomic E-state index is 13.8. The Morgan fingerprint density at radius 1 is 0.455 bits per heavy atom. The molecule has 646 valence electrons. The molecule has 0 bridgehead atoms. The molecule has 0 radical (unpaired) electrons. The van der Waals surface area contributed by atoms with Crippen molar-refractivity contribution in [2.45, 2.75) is 416 Å². The highest BCUT2D eigenvalue weighted by molar-refractivity contribution is 5.80. The Kier molecular flexibility index (Phi) is 46.4. The van der Waals surface area contributed by atoms with Crippen LogP contribution in [0.25, 0.3) is 0 Å². The summed E-state index contributed by atoms with van der Waals surface area (Å²) < 4.78 is 58.1. The molecule has 35 heteroatoms. The van der Waals surface area contributed by atoms with E-state index in [1.807, 2.05) is 0 Å². The summed E-state index contributed by atoms with van der Waals surface area (Å²) in [5.74, 6) is -7.34. The number of rotatable bonds is 57. The molecule has 110 heavy (non-hydrogen) atoms. The van der Waals surface area contributed by atoms with Crippen LogP contribution in [0.1, 0.15) is 233 Å². The van der Waals surface area contributed by atoms with E-state index in [2.05, 4.69) is 24.5 Å². The number of hydrogen-bond acceptors (Lipinski definition) is 32. The van der Waals surface area contributed by atoms with Gasteiger partial charge in [0.2, 0.25) is 11.8 Å². The first kappa shape index (κ1) is 97.8. The molecule has 2 amide bonds. The number of carbonyl (C=O) groups excluding carboxylic acids is 2. The van der Waals surface area contributed by atoms with Gasteiger partial charge in [0, 0.05) is 13.3 Å². The summed E-state index contributed by atoms with van der Waals surface area (Å²) in [6.45, 7) is -0.899. The fourth-order valence-electron chi connectivity index (χ4n) is 15.0. The molecule has 0 aromatic heterocycles. The summed E-state index contributed by atoms with van der Waals surface area (Å²) in [5, 5.41) is 225. The standard InChI is InChI=1S/C75H138N2O33/c1-4-6-8-10-12-14-16-17-18-19-20-21-22-23-24-25-27-29-31-33-35-46(85)69(98)77-44(54(88)45(84)34-32-30-28-26-15-13-11-9-7-5-2)42-101-70-60(94)58(92)65(51(40-81)104-70)107-71-62(96)59(93)66(52(41-82)105-71)109-75(74(99)100)36-49(53(76-43(3)83)67(110-75)55(89)47(86)37-78)102-73-63(97)68(56(90)50(39-80)103-73)108-72-61(95)57(91)64(106-72)48(87)38-79/h44-68,70-73,78-82,84-97H,4-42H2,1-3H3,(H,76,83)(H,77,98)(H,99,100). The molecule has 5 saturated heterocycles. The van der Waals surface area contributed by atoms with Gasteiger partial charge in [0.25, 0.3) is 5.79 Å². The van der Waals surface area contributed by atoms with Crippen LogP contribution in [-0.4, -0.2) is 343 Å². The summed E-state index contributed by atoms with van der Waals surface area (Å²) in [4.78, 5) is 40.3. The van der Waals surface area contributed by atoms with E-state index < -0.39 is 247 Å². The van der Waals surface area contributed by atoms with Gasteiger partial charge in [-0.2, -0.15) is 0 Å². The lowest BCUT2D eigenvalue weighted by Crippen LogP contribution is -2.72. The second-order valence-corrected chi connectivity index (χ2v) is 30.6. The number of aliphatic hydroxyl groups excluding tert-OH is 19. The van der Waals surface area contributed by atoms with E-state index in [1.54, 1.807) is 0 Å². The molecule has 0 aromatic rings. The van der Waals surface area contributed by atoms with E-state index in [9.17, 15) is 117 Å². The SMILES string of the molecule is CCCCCCCCCCCCCCCCCCCCCCC(O)C(=O)NC(COC1OC(CO)C(OC2OC(CO)C(OC3(C(=O)O)CC(OC4OC(CO)C(O)C(OC5OC(C(O)CO)C(O)C5O)C4O)C(NC(C)=O)C(C(O)C(O)CO)O3)C(O)C2O)C(O)C1O)C(O)C(O)CCCCCCCCCCCC. The third kappa shape index (κ3) is 30.0. The second-order valence-electron chi connectivity index (χ2n) is 30.6. The van der Waals surface area contributed by atoms with E-state index >= 15 is 0 Å². The minimum atomic E-state index is -3.37. The van der Waals surface area contributed by atoms with E-state index in [4.69, 9.17) is 47.4 Å². The number of amides is 2. The largest absolute Gasteiger partial charge is 0.477 e. The average Bonchev–Trinajstić information content (AvgIpc) is 0.770. The molecule has 5 aliphatic rings. The molecule has 30 atom stereocenters. The highest BCUT2D eigenvalue weighted by Crippen LogP contribution is 2.42. The maximum atomic E-state index is 13.8. The van der Waals surface area contributed by atoms with Gasteiger partial charge in [0.05, 0.1) is 63.9 Å². The molecule has 0 saturated carbocycles. The molecule has 0 spiro atoms. The zero-order valence-electron chi connectivity index (χ0n) is 64.6. The Balaban J connectivity index is 1.24. The van der Waals surface area contributed by atoms with Crippen molar-refractivity contribution in [2.75, 3.05) is 39.6 Å². The van der Waals surface area contributed by atoms with Crippen LogP contribution in [0, 0.1) is 0 Å². The monoisotopic (exact) mass is 1590 g/mol. The van der Waals surface area contributed by atoms with Crippen molar-refractivity contribution in [3.05, 3.63) is 0 Å². The van der Waals surface area contributed by atoms with Crippen molar-refractivity contribution < 1.29 is 164 Å². The molecule has 22 N–H and O–H groups in total. The molecule has 5 rings (SSSR count). The predicted octanol–water partition coefficient (Wildman–Crippen LogP) is -1.46. The van der Waals surface area contributed by atoms with Gasteiger partial charge in [-0.25, -0.2) is 4.79 Å². The van der Waals surface area contributed by atoms with Gasteiger partial charge in [0.1, 0.15) is 128 Å². The fourth-order valence-corrected chi connectivity index (χ4v) is 15.0. The molecule has 5 fully saturated rings. The van der Waals surface area contributed by atoms with Gasteiger partial charge in [0.15, 0.2) is 25.2 Å². The summed E-state index contributed by atoms with van der Waals surface area (Å²) in [6, 6.07) is -3.33. The van der Waals surface area contributed by atoms with Crippen molar-refractivity contribution in [3.8, 4) is 0 Å². The van der Waals surface area contributed by atoms with Gasteiger partial charge < -0.3 is 160 Å². The first-order valence-corrected chi connectivity index (χ1v) is 40.6. The van der Waals surface area contributed by atoms with Crippen LogP contribution in [0.3, 0.4) is 0 Å². The van der Waals surface area contributed by atoms with Gasteiger partial charge in [-0.05, 0) is 12.8 Å². The van der Waals surface area contributed by atoms with Crippen molar-refractivity contribution >= 4 is 17.8 Å². The smallest absolute Gasteiger partial charge is 0.364 e. The number of aliphatic hydroxyl groups is 19. The van der Waals surface area contributed by atoms with E-state index in [-0.39, 0.29) is 12.8 Å². The summed E-state index contributed by atoms with van der Waals surface area (Å²) >= 11 is 0. The molecule has 0 aromatic carbocycles. The van der Waals surface area contributed by atoms with Crippen molar-refractivity contribution in [1.82, 2.24) is 10.6 Å². The number of aliphatic carboxylic acids is 1. The van der Waals surface area contributed by atoms with E-state index in [1.165, 1.54) is 109 Å². The van der Waals surface area contributed by atoms with Crippen LogP contribution >= 0.6 is 0 Å². The number of hydrogen-bond donors (Lipinski definition) is 22. The van der Waals surface area contributed by atoms with Crippen molar-refractivity contribution in [1.29, 1.82) is 0 Å². The van der Waals surface area contributed by atoms with Crippen LogP contribution < -0.4 is 10.6 Å². The van der Waals surface area contributed by atoms with Crippen molar-refractivity contribution in [3.63, 3.8) is 0 Å². The third-order valence-electron chi connectivity index (χ3n) is 21.7. The first-order valence-electron chi connectivity index (χ1n) is 40.6. The highest BCUT2D eigenvalue weighted by Gasteiger charge is 2.62. The Morgan fingerprint density at radius 2 is 0.882 bits per heavy atom. The topological polar surface area (TPSA) is 572 Å². The van der Waals surface area contributed by atoms with E-state index in [0.29, 0.717) is 12.8 Å². The van der Waals surface area contributed by atoms with Crippen LogP contribution in [-0.2, 0) is 61.8 Å². The lowest BCUT2D eigenvalue weighted by molar-refractivity contribution is -0.392. The van der Waals surface area contributed by atoms with Gasteiger partial charge >= 0.3 is 5.97 Å². The molecule has 0 aliphatic carbocycles. The van der Waals surface area contributed by atoms with Crippen LogP contribution in [0.4, 0.5) is 0 Å². The Bertz CT molecular complexity index is 2470. The van der Waals surface area contributed by atoms with Crippen LogP contribution in [0.2, 0.25) is 0 Å². The molecular weight excluding hydrogens is 1460 g/mol. The summed E-state index contributed by atoms with van der Waals surface area (Å²) in [6.07, 6.45) is -21.6.